The first-order valence-corrected chi connectivity index (χ1v) is 12.0. The Kier molecular flexibility index (Phi) is 5.98. The van der Waals surface area contributed by atoms with Crippen molar-refractivity contribution in [3.63, 3.8) is 0 Å². The summed E-state index contributed by atoms with van der Waals surface area (Å²) in [6.45, 7) is 2.21. The summed E-state index contributed by atoms with van der Waals surface area (Å²) in [5, 5.41) is 18.6. The third kappa shape index (κ3) is 3.75. The highest BCUT2D eigenvalue weighted by molar-refractivity contribution is 9.10. The fraction of sp³-hybridized carbons (Fsp3) is 0.269. The molecule has 1 amide bonds. The molecule has 1 spiro atoms. The largest absolute Gasteiger partial charge is 0.493 e. The Morgan fingerprint density at radius 3 is 2.54 bits per heavy atom. The van der Waals surface area contributed by atoms with Gasteiger partial charge >= 0.3 is 0 Å². The fourth-order valence-corrected chi connectivity index (χ4v) is 5.93. The smallest absolute Gasteiger partial charge is 0.256 e. The Labute approximate surface area is 210 Å². The number of halogens is 1. The first kappa shape index (κ1) is 23.3. The molecular weight excluding hydrogens is 514 g/mol. The number of hydrogen-bond acceptors (Lipinski definition) is 6. The Bertz CT molecular complexity index is 1300. The number of amides is 1. The summed E-state index contributed by atoms with van der Waals surface area (Å²) in [6.07, 6.45) is 0. The van der Waals surface area contributed by atoms with Crippen molar-refractivity contribution in [2.24, 2.45) is 0 Å². The molecule has 180 valence electrons. The van der Waals surface area contributed by atoms with Crippen LogP contribution in [0.4, 0.5) is 5.69 Å². The molecule has 9 heteroatoms. The molecule has 2 N–H and O–H groups in total. The van der Waals surface area contributed by atoms with Crippen molar-refractivity contribution in [2.75, 3.05) is 12.4 Å². The zero-order chi connectivity index (χ0) is 24.7. The van der Waals surface area contributed by atoms with Crippen molar-refractivity contribution in [1.29, 1.82) is 0 Å². The van der Waals surface area contributed by atoms with Crippen LogP contribution in [-0.2, 0) is 16.9 Å². The van der Waals surface area contributed by atoms with Gasteiger partial charge in [-0.25, -0.2) is 0 Å². The minimum Gasteiger partial charge on any atom is -0.493 e. The van der Waals surface area contributed by atoms with E-state index < -0.39 is 23.4 Å². The van der Waals surface area contributed by atoms with Crippen LogP contribution in [0.25, 0.3) is 0 Å². The second kappa shape index (κ2) is 8.98. The van der Waals surface area contributed by atoms with E-state index in [1.54, 1.807) is 30.3 Å². The lowest BCUT2D eigenvalue weighted by Gasteiger charge is -2.25. The maximum absolute atomic E-state index is 13.2. The SMILES string of the molecule is COc1cc([C@@H]2[C@H](C)N[C@]3(C(=O)Nc4ccccc43)[C@H]2[N+](=O)[O-])cc(Br)c1OCc1ccccc1. The first-order valence-electron chi connectivity index (χ1n) is 11.2. The van der Waals surface area contributed by atoms with Crippen LogP contribution in [0.15, 0.2) is 71.2 Å². The summed E-state index contributed by atoms with van der Waals surface area (Å²) in [5.41, 5.74) is 1.40. The molecular formula is C26H24BrN3O5. The Balaban J connectivity index is 1.54. The molecule has 2 aliphatic rings. The molecule has 4 atom stereocenters. The quantitative estimate of drug-likeness (QED) is 0.351. The molecule has 0 aliphatic carbocycles. The van der Waals surface area contributed by atoms with E-state index >= 15 is 0 Å². The summed E-state index contributed by atoms with van der Waals surface area (Å²) in [5.74, 6) is -0.0502. The Hall–Kier alpha value is -3.43. The molecule has 8 nitrogen and oxygen atoms in total. The lowest BCUT2D eigenvalue weighted by atomic mass is 9.78. The van der Waals surface area contributed by atoms with Crippen LogP contribution in [0, 0.1) is 10.1 Å². The van der Waals surface area contributed by atoms with Crippen molar-refractivity contribution in [2.45, 2.75) is 37.1 Å². The summed E-state index contributed by atoms with van der Waals surface area (Å²) in [4.78, 5) is 25.4. The highest BCUT2D eigenvalue weighted by Gasteiger charge is 2.67. The van der Waals surface area contributed by atoms with Gasteiger partial charge in [-0.05, 0) is 52.2 Å². The minimum absolute atomic E-state index is 0.341. The van der Waals surface area contributed by atoms with Gasteiger partial charge in [-0.2, -0.15) is 0 Å². The van der Waals surface area contributed by atoms with Crippen molar-refractivity contribution < 1.29 is 19.2 Å². The Morgan fingerprint density at radius 2 is 1.83 bits per heavy atom. The van der Waals surface area contributed by atoms with Gasteiger partial charge in [-0.15, -0.1) is 0 Å². The number of nitro groups is 1. The van der Waals surface area contributed by atoms with E-state index in [0.717, 1.165) is 5.56 Å². The van der Waals surface area contributed by atoms with E-state index in [0.29, 0.717) is 39.4 Å². The summed E-state index contributed by atoms with van der Waals surface area (Å²) < 4.78 is 12.3. The van der Waals surface area contributed by atoms with Gasteiger partial charge in [0.05, 0.1) is 17.5 Å². The highest BCUT2D eigenvalue weighted by atomic mass is 79.9. The van der Waals surface area contributed by atoms with Crippen LogP contribution >= 0.6 is 15.9 Å². The van der Waals surface area contributed by atoms with Gasteiger partial charge in [0.25, 0.3) is 11.9 Å². The molecule has 0 bridgehead atoms. The molecule has 0 unspecified atom stereocenters. The second-order valence-corrected chi connectivity index (χ2v) is 9.66. The highest BCUT2D eigenvalue weighted by Crippen LogP contribution is 2.51. The number of hydrogen-bond donors (Lipinski definition) is 2. The number of ether oxygens (including phenoxy) is 2. The van der Waals surface area contributed by atoms with Crippen molar-refractivity contribution in [3.05, 3.63) is 98.0 Å². The van der Waals surface area contributed by atoms with Crippen LogP contribution in [0.5, 0.6) is 11.5 Å². The number of nitrogens with one attached hydrogen (secondary N) is 2. The number of benzene rings is 3. The number of rotatable bonds is 6. The maximum Gasteiger partial charge on any atom is 0.256 e. The van der Waals surface area contributed by atoms with E-state index in [2.05, 4.69) is 26.6 Å². The van der Waals surface area contributed by atoms with Crippen LogP contribution in [-0.4, -0.2) is 30.0 Å². The normalized spacial score (nSPS) is 24.8. The zero-order valence-corrected chi connectivity index (χ0v) is 20.7. The monoisotopic (exact) mass is 537 g/mol. The molecule has 0 saturated carbocycles. The van der Waals surface area contributed by atoms with Gasteiger partial charge in [0.15, 0.2) is 17.0 Å². The molecule has 3 aromatic rings. The van der Waals surface area contributed by atoms with E-state index in [9.17, 15) is 14.9 Å². The number of methoxy groups -OCH3 is 1. The average Bonchev–Trinajstić information content (AvgIpc) is 3.32. The number of para-hydroxylation sites is 1. The van der Waals surface area contributed by atoms with Gasteiger partial charge in [0, 0.05) is 22.2 Å². The summed E-state index contributed by atoms with van der Waals surface area (Å²) >= 11 is 3.57. The third-order valence-corrected chi connectivity index (χ3v) is 7.41. The van der Waals surface area contributed by atoms with E-state index in [1.807, 2.05) is 43.3 Å². The molecule has 0 aromatic heterocycles. The van der Waals surface area contributed by atoms with Crippen LogP contribution in [0.3, 0.4) is 0 Å². The number of carbonyl (C=O) groups is 1. The number of anilines is 1. The van der Waals surface area contributed by atoms with E-state index in [-0.39, 0.29) is 11.0 Å². The van der Waals surface area contributed by atoms with Gasteiger partial charge in [0.2, 0.25) is 0 Å². The van der Waals surface area contributed by atoms with Crippen LogP contribution < -0.4 is 20.1 Å². The van der Waals surface area contributed by atoms with Crippen molar-refractivity contribution >= 4 is 27.5 Å². The van der Waals surface area contributed by atoms with Gasteiger partial charge in [-0.3, -0.25) is 20.2 Å². The van der Waals surface area contributed by atoms with Gasteiger partial charge in [0.1, 0.15) is 6.61 Å². The standard InChI is InChI=1S/C26H24BrN3O5/c1-15-22(24(30(32)33)26(29-15)18-10-6-7-11-20(18)28-25(26)31)17-12-19(27)23(21(13-17)34-2)35-14-16-8-4-3-5-9-16/h3-13,15,22,24,29H,14H2,1-2H3,(H,28,31)/t15-,22-,24-,26-/m0/s1. The van der Waals surface area contributed by atoms with Crippen LogP contribution in [0.2, 0.25) is 0 Å². The minimum atomic E-state index is -1.47. The first-order chi connectivity index (χ1) is 16.9. The fourth-order valence-electron chi connectivity index (χ4n) is 5.36. The molecule has 2 aliphatic heterocycles. The zero-order valence-electron chi connectivity index (χ0n) is 19.2. The second-order valence-electron chi connectivity index (χ2n) is 8.81. The molecule has 1 saturated heterocycles. The molecule has 2 heterocycles. The predicted molar refractivity (Wildman–Crippen MR) is 134 cm³/mol. The number of nitrogens with zero attached hydrogens (tertiary/aromatic N) is 1. The Morgan fingerprint density at radius 1 is 1.11 bits per heavy atom. The topological polar surface area (TPSA) is 103 Å². The third-order valence-electron chi connectivity index (χ3n) is 6.83. The van der Waals surface area contributed by atoms with E-state index in [1.165, 1.54) is 7.11 Å². The molecule has 1 fully saturated rings. The lowest BCUT2D eigenvalue weighted by molar-refractivity contribution is -0.532. The summed E-state index contributed by atoms with van der Waals surface area (Å²) in [6, 6.07) is 18.8. The summed E-state index contributed by atoms with van der Waals surface area (Å²) in [7, 11) is 1.53. The molecule has 0 radical (unpaired) electrons. The number of carbonyl (C=O) groups excluding carboxylic acids is 1. The van der Waals surface area contributed by atoms with Gasteiger partial charge in [-0.1, -0.05) is 48.5 Å². The van der Waals surface area contributed by atoms with E-state index in [4.69, 9.17) is 9.47 Å². The van der Waals surface area contributed by atoms with Crippen molar-refractivity contribution in [1.82, 2.24) is 5.32 Å². The molecule has 35 heavy (non-hydrogen) atoms. The average molecular weight is 538 g/mol. The predicted octanol–water partition coefficient (Wildman–Crippen LogP) is 4.60. The number of fused-ring (bicyclic) bond motifs is 2. The van der Waals surface area contributed by atoms with Crippen LogP contribution in [0.1, 0.15) is 29.5 Å². The lowest BCUT2D eigenvalue weighted by Crippen LogP contribution is -2.54. The molecule has 5 rings (SSSR count). The molecule has 3 aromatic carbocycles. The van der Waals surface area contributed by atoms with Crippen molar-refractivity contribution in [3.8, 4) is 11.5 Å². The maximum atomic E-state index is 13.2. The van der Waals surface area contributed by atoms with Gasteiger partial charge < -0.3 is 14.8 Å².